The van der Waals surface area contributed by atoms with Gasteiger partial charge in [-0.2, -0.15) is 0 Å². The first-order chi connectivity index (χ1) is 13.2. The molecular formula is C19H32N6O3. The van der Waals surface area contributed by atoms with E-state index in [1.54, 1.807) is 0 Å². The van der Waals surface area contributed by atoms with Gasteiger partial charge in [-0.25, -0.2) is 9.59 Å². The Balaban J connectivity index is 1.57. The van der Waals surface area contributed by atoms with Crippen LogP contribution in [0.15, 0.2) is 0 Å². The lowest BCUT2D eigenvalue weighted by molar-refractivity contribution is 0.0462. The first-order valence-corrected chi connectivity index (χ1v) is 10.2. The molecule has 9 heteroatoms. The lowest BCUT2D eigenvalue weighted by Gasteiger charge is -2.39. The lowest BCUT2D eigenvalue weighted by atomic mass is 9.97. The van der Waals surface area contributed by atoms with Crippen molar-refractivity contribution in [3.63, 3.8) is 0 Å². The van der Waals surface area contributed by atoms with E-state index in [1.807, 2.05) is 32.6 Å². The summed E-state index contributed by atoms with van der Waals surface area (Å²) in [6.07, 6.45) is 4.42. The summed E-state index contributed by atoms with van der Waals surface area (Å²) in [5, 5.41) is 14.2. The van der Waals surface area contributed by atoms with E-state index in [-0.39, 0.29) is 18.1 Å². The largest absolute Gasteiger partial charge is 0.444 e. The van der Waals surface area contributed by atoms with Crippen molar-refractivity contribution in [2.45, 2.75) is 90.6 Å². The zero-order valence-corrected chi connectivity index (χ0v) is 17.3. The minimum Gasteiger partial charge on any atom is -0.444 e. The number of nitrogens with one attached hydrogen (secondary N) is 2. The molecule has 9 nitrogen and oxygen atoms in total. The van der Waals surface area contributed by atoms with E-state index in [9.17, 15) is 9.59 Å². The van der Waals surface area contributed by atoms with Crippen molar-refractivity contribution in [1.29, 1.82) is 0 Å². The Morgan fingerprint density at radius 3 is 2.75 bits per heavy atom. The Morgan fingerprint density at radius 2 is 2.00 bits per heavy atom. The standard InChI is InChI=1S/C19H32N6O3/c1-13(21-18(27)28-19(2,3)4)14-8-5-6-10-24(14)17(26)20-12-16-23-22-15-9-7-11-25(15)16/h13-14H,5-12H2,1-4H3,(H,20,26)(H,21,27). The number of fused-ring (bicyclic) bond motifs is 1. The van der Waals surface area contributed by atoms with Gasteiger partial charge in [0.1, 0.15) is 11.4 Å². The maximum absolute atomic E-state index is 12.8. The van der Waals surface area contributed by atoms with Gasteiger partial charge in [-0.15, -0.1) is 10.2 Å². The third-order valence-electron chi connectivity index (χ3n) is 5.22. The van der Waals surface area contributed by atoms with Crippen LogP contribution in [0.2, 0.25) is 0 Å². The molecule has 0 saturated carbocycles. The van der Waals surface area contributed by atoms with Crippen LogP contribution in [0, 0.1) is 0 Å². The van der Waals surface area contributed by atoms with Crippen molar-refractivity contribution < 1.29 is 14.3 Å². The van der Waals surface area contributed by atoms with E-state index in [4.69, 9.17) is 4.74 Å². The average Bonchev–Trinajstić information content (AvgIpc) is 3.22. The number of hydrogen-bond acceptors (Lipinski definition) is 5. The molecule has 0 aliphatic carbocycles. The first-order valence-electron chi connectivity index (χ1n) is 10.2. The van der Waals surface area contributed by atoms with Crippen LogP contribution in [0.5, 0.6) is 0 Å². The SMILES string of the molecule is CC(NC(=O)OC(C)(C)C)C1CCCCN1C(=O)NCc1nnc2n1CCC2. The van der Waals surface area contributed by atoms with Crippen molar-refractivity contribution in [1.82, 2.24) is 30.3 Å². The second-order valence-electron chi connectivity index (χ2n) is 8.64. The van der Waals surface area contributed by atoms with Crippen LogP contribution in [0.1, 0.15) is 65.0 Å². The number of piperidine rings is 1. The van der Waals surface area contributed by atoms with Crippen molar-refractivity contribution in [3.05, 3.63) is 11.6 Å². The highest BCUT2D eigenvalue weighted by atomic mass is 16.6. The lowest BCUT2D eigenvalue weighted by Crippen LogP contribution is -2.57. The molecular weight excluding hydrogens is 360 g/mol. The van der Waals surface area contributed by atoms with Crippen LogP contribution in [-0.2, 0) is 24.2 Å². The fourth-order valence-corrected chi connectivity index (χ4v) is 3.92. The molecule has 3 amide bonds. The molecule has 156 valence electrons. The molecule has 1 fully saturated rings. The van der Waals surface area contributed by atoms with Crippen molar-refractivity contribution in [3.8, 4) is 0 Å². The molecule has 2 atom stereocenters. The highest BCUT2D eigenvalue weighted by molar-refractivity contribution is 5.75. The third kappa shape index (κ3) is 4.94. The van der Waals surface area contributed by atoms with Crippen molar-refractivity contribution in [2.24, 2.45) is 0 Å². The molecule has 2 N–H and O–H groups in total. The fourth-order valence-electron chi connectivity index (χ4n) is 3.92. The molecule has 0 radical (unpaired) electrons. The Morgan fingerprint density at radius 1 is 1.21 bits per heavy atom. The first kappa shape index (κ1) is 20.4. The maximum Gasteiger partial charge on any atom is 0.407 e. The van der Waals surface area contributed by atoms with Crippen LogP contribution < -0.4 is 10.6 Å². The van der Waals surface area contributed by atoms with Gasteiger partial charge in [-0.3, -0.25) is 0 Å². The van der Waals surface area contributed by atoms with Crippen LogP contribution in [0.25, 0.3) is 0 Å². The number of urea groups is 1. The molecule has 28 heavy (non-hydrogen) atoms. The monoisotopic (exact) mass is 392 g/mol. The van der Waals surface area contributed by atoms with E-state index >= 15 is 0 Å². The summed E-state index contributed by atoms with van der Waals surface area (Å²) in [4.78, 5) is 26.8. The quantitative estimate of drug-likeness (QED) is 0.818. The van der Waals surface area contributed by atoms with E-state index in [0.29, 0.717) is 13.1 Å². The molecule has 1 aromatic rings. The fraction of sp³-hybridized carbons (Fsp3) is 0.789. The Kier molecular flexibility index (Phi) is 6.10. The second kappa shape index (κ2) is 8.36. The number of rotatable bonds is 4. The summed E-state index contributed by atoms with van der Waals surface area (Å²) in [5.41, 5.74) is -0.550. The number of alkyl carbamates (subject to hydrolysis) is 1. The van der Waals surface area contributed by atoms with Gasteiger partial charge in [0, 0.05) is 25.6 Å². The summed E-state index contributed by atoms with van der Waals surface area (Å²) in [5.74, 6) is 1.80. The number of hydrogen-bond donors (Lipinski definition) is 2. The molecule has 2 unspecified atom stereocenters. The summed E-state index contributed by atoms with van der Waals surface area (Å²) < 4.78 is 7.43. The van der Waals surface area contributed by atoms with E-state index < -0.39 is 11.7 Å². The number of likely N-dealkylation sites (tertiary alicyclic amines) is 1. The third-order valence-corrected chi connectivity index (χ3v) is 5.22. The highest BCUT2D eigenvalue weighted by Crippen LogP contribution is 2.21. The van der Waals surface area contributed by atoms with Gasteiger partial charge in [0.25, 0.3) is 0 Å². The smallest absolute Gasteiger partial charge is 0.407 e. The van der Waals surface area contributed by atoms with Crippen LogP contribution in [-0.4, -0.2) is 56.0 Å². The topological polar surface area (TPSA) is 101 Å². The second-order valence-corrected chi connectivity index (χ2v) is 8.64. The number of carbonyl (C=O) groups excluding carboxylic acids is 2. The maximum atomic E-state index is 12.8. The minimum atomic E-state index is -0.550. The van der Waals surface area contributed by atoms with Crippen LogP contribution in [0.3, 0.4) is 0 Å². The zero-order chi connectivity index (χ0) is 20.3. The van der Waals surface area contributed by atoms with Gasteiger partial charge < -0.3 is 24.8 Å². The van der Waals surface area contributed by atoms with Gasteiger partial charge >= 0.3 is 12.1 Å². The number of nitrogens with zero attached hydrogens (tertiary/aromatic N) is 4. The molecule has 0 spiro atoms. The molecule has 0 aromatic carbocycles. The molecule has 3 heterocycles. The normalized spacial score (nSPS) is 20.4. The van der Waals surface area contributed by atoms with Gasteiger partial charge in [0.15, 0.2) is 5.82 Å². The van der Waals surface area contributed by atoms with Crippen molar-refractivity contribution >= 4 is 12.1 Å². The number of carbonyl (C=O) groups is 2. The van der Waals surface area contributed by atoms with Gasteiger partial charge in [0.2, 0.25) is 0 Å². The highest BCUT2D eigenvalue weighted by Gasteiger charge is 2.32. The summed E-state index contributed by atoms with van der Waals surface area (Å²) in [6, 6.07) is -0.387. The molecule has 1 saturated heterocycles. The van der Waals surface area contributed by atoms with Gasteiger partial charge in [-0.1, -0.05) is 0 Å². The number of amides is 3. The van der Waals surface area contributed by atoms with E-state index in [0.717, 1.165) is 50.3 Å². The van der Waals surface area contributed by atoms with Gasteiger partial charge in [0.05, 0.1) is 12.6 Å². The van der Waals surface area contributed by atoms with Crippen LogP contribution in [0.4, 0.5) is 9.59 Å². The van der Waals surface area contributed by atoms with Crippen molar-refractivity contribution in [2.75, 3.05) is 6.54 Å². The molecule has 2 aliphatic rings. The Labute approximate surface area is 166 Å². The number of ether oxygens (including phenoxy) is 1. The molecule has 3 rings (SSSR count). The summed E-state index contributed by atoms with van der Waals surface area (Å²) in [6.45, 7) is 9.37. The summed E-state index contributed by atoms with van der Waals surface area (Å²) in [7, 11) is 0. The van der Waals surface area contributed by atoms with Gasteiger partial charge in [-0.05, 0) is 53.4 Å². The number of aromatic nitrogens is 3. The average molecular weight is 393 g/mol. The van der Waals surface area contributed by atoms with E-state index in [1.165, 1.54) is 0 Å². The summed E-state index contributed by atoms with van der Waals surface area (Å²) >= 11 is 0. The minimum absolute atomic E-state index is 0.0645. The number of aryl methyl sites for hydroxylation is 1. The molecule has 2 aliphatic heterocycles. The Bertz CT molecular complexity index is 711. The molecule has 0 bridgehead atoms. The molecule has 1 aromatic heterocycles. The predicted octanol–water partition coefficient (Wildman–Crippen LogP) is 2.20. The predicted molar refractivity (Wildman–Crippen MR) is 104 cm³/mol. The van der Waals surface area contributed by atoms with Crippen LogP contribution >= 0.6 is 0 Å². The Hall–Kier alpha value is -2.32. The zero-order valence-electron chi connectivity index (χ0n) is 17.3. The van der Waals surface area contributed by atoms with E-state index in [2.05, 4.69) is 25.4 Å².